The highest BCUT2D eigenvalue weighted by Gasteiger charge is 2.28. The van der Waals surface area contributed by atoms with Crippen molar-refractivity contribution in [1.82, 2.24) is 15.5 Å². The lowest BCUT2D eigenvalue weighted by molar-refractivity contribution is 0.0193. The smallest absolute Gasteiger partial charge is 0.410 e. The summed E-state index contributed by atoms with van der Waals surface area (Å²) in [5.74, 6) is 0.672. The summed E-state index contributed by atoms with van der Waals surface area (Å²) in [5, 5.41) is 7.54. The lowest BCUT2D eigenvalue weighted by Crippen LogP contribution is -2.49. The third kappa shape index (κ3) is 7.28. The van der Waals surface area contributed by atoms with Gasteiger partial charge in [0.25, 0.3) is 0 Å². The van der Waals surface area contributed by atoms with Crippen LogP contribution in [0.15, 0.2) is 30.3 Å². The standard InChI is InChI=1S/C23H37N3O3/c1-23(2,3)29-22(27)26-13-9-20(10-14-26)25-21(19-7-5-4-6-8-19)24-17-18-11-15-28-16-12-18/h4-8,18,20-21,24-25H,9-17H2,1-3H3. The van der Waals surface area contributed by atoms with Crippen LogP contribution in [0.4, 0.5) is 4.79 Å². The van der Waals surface area contributed by atoms with E-state index in [1.165, 1.54) is 5.56 Å². The molecule has 0 aliphatic carbocycles. The Balaban J connectivity index is 1.52. The Hall–Kier alpha value is -1.63. The molecule has 2 N–H and O–H groups in total. The first-order valence-electron chi connectivity index (χ1n) is 11.0. The molecule has 29 heavy (non-hydrogen) atoms. The average molecular weight is 404 g/mol. The van der Waals surface area contributed by atoms with Gasteiger partial charge in [0.05, 0.1) is 6.17 Å². The van der Waals surface area contributed by atoms with Crippen LogP contribution in [-0.4, -0.2) is 55.5 Å². The topological polar surface area (TPSA) is 62.8 Å². The Morgan fingerprint density at radius 2 is 1.79 bits per heavy atom. The molecular weight excluding hydrogens is 366 g/mol. The summed E-state index contributed by atoms with van der Waals surface area (Å²) in [4.78, 5) is 14.1. The van der Waals surface area contributed by atoms with Crippen molar-refractivity contribution < 1.29 is 14.3 Å². The van der Waals surface area contributed by atoms with Gasteiger partial charge in [-0.05, 0) is 64.5 Å². The maximum Gasteiger partial charge on any atom is 0.410 e. The fourth-order valence-corrected chi connectivity index (χ4v) is 3.94. The van der Waals surface area contributed by atoms with Gasteiger partial charge < -0.3 is 14.4 Å². The molecule has 3 rings (SSSR count). The molecule has 2 fully saturated rings. The fourth-order valence-electron chi connectivity index (χ4n) is 3.94. The van der Waals surface area contributed by atoms with E-state index in [-0.39, 0.29) is 12.3 Å². The molecule has 0 radical (unpaired) electrons. The van der Waals surface area contributed by atoms with Crippen LogP contribution in [0.25, 0.3) is 0 Å². The van der Waals surface area contributed by atoms with Crippen LogP contribution in [-0.2, 0) is 9.47 Å². The van der Waals surface area contributed by atoms with Crippen LogP contribution in [0.3, 0.4) is 0 Å². The van der Waals surface area contributed by atoms with Crippen LogP contribution >= 0.6 is 0 Å². The first-order chi connectivity index (χ1) is 13.9. The van der Waals surface area contributed by atoms with Crippen molar-refractivity contribution in [2.45, 2.75) is 64.3 Å². The van der Waals surface area contributed by atoms with Gasteiger partial charge >= 0.3 is 6.09 Å². The lowest BCUT2D eigenvalue weighted by Gasteiger charge is -2.36. The van der Waals surface area contributed by atoms with Gasteiger partial charge in [0, 0.05) is 32.3 Å². The van der Waals surface area contributed by atoms with Gasteiger partial charge in [0.1, 0.15) is 5.60 Å². The molecule has 1 amide bonds. The Morgan fingerprint density at radius 3 is 2.41 bits per heavy atom. The summed E-state index contributed by atoms with van der Waals surface area (Å²) in [6.07, 6.45) is 4.04. The highest BCUT2D eigenvalue weighted by molar-refractivity contribution is 5.68. The largest absolute Gasteiger partial charge is 0.444 e. The van der Waals surface area contributed by atoms with Crippen molar-refractivity contribution in [2.75, 3.05) is 32.8 Å². The summed E-state index contributed by atoms with van der Waals surface area (Å²) in [7, 11) is 0. The van der Waals surface area contributed by atoms with Gasteiger partial charge in [0.2, 0.25) is 0 Å². The molecule has 2 saturated heterocycles. The average Bonchev–Trinajstić information content (AvgIpc) is 2.71. The fraction of sp³-hybridized carbons (Fsp3) is 0.696. The zero-order valence-corrected chi connectivity index (χ0v) is 18.2. The van der Waals surface area contributed by atoms with Crippen molar-refractivity contribution in [3.8, 4) is 0 Å². The molecule has 6 heteroatoms. The maximum absolute atomic E-state index is 12.3. The summed E-state index contributed by atoms with van der Waals surface area (Å²) >= 11 is 0. The number of ether oxygens (including phenoxy) is 2. The van der Waals surface area contributed by atoms with Crippen LogP contribution in [0.1, 0.15) is 58.2 Å². The second-order valence-electron chi connectivity index (χ2n) is 9.22. The predicted molar refractivity (Wildman–Crippen MR) is 115 cm³/mol. The van der Waals surface area contributed by atoms with Gasteiger partial charge in [-0.2, -0.15) is 0 Å². The molecule has 1 aromatic rings. The Morgan fingerprint density at radius 1 is 1.14 bits per heavy atom. The van der Waals surface area contributed by atoms with Gasteiger partial charge in [-0.1, -0.05) is 30.3 Å². The van der Waals surface area contributed by atoms with E-state index in [0.717, 1.165) is 58.5 Å². The zero-order chi connectivity index (χ0) is 20.7. The number of likely N-dealkylation sites (tertiary alicyclic amines) is 1. The first-order valence-corrected chi connectivity index (χ1v) is 11.0. The Labute approximate surface area is 175 Å². The molecule has 0 spiro atoms. The van der Waals surface area contributed by atoms with E-state index in [1.54, 1.807) is 0 Å². The molecule has 0 aromatic heterocycles. The van der Waals surface area contributed by atoms with Crippen molar-refractivity contribution in [2.24, 2.45) is 5.92 Å². The van der Waals surface area contributed by atoms with Crippen molar-refractivity contribution >= 4 is 6.09 Å². The number of hydrogen-bond donors (Lipinski definition) is 2. The number of rotatable bonds is 6. The molecule has 1 unspecified atom stereocenters. The molecule has 0 saturated carbocycles. The predicted octanol–water partition coefficient (Wildman–Crippen LogP) is 3.69. The number of carbonyl (C=O) groups is 1. The highest BCUT2D eigenvalue weighted by atomic mass is 16.6. The van der Waals surface area contributed by atoms with E-state index in [2.05, 4.69) is 41.0 Å². The number of carbonyl (C=O) groups excluding carboxylic acids is 1. The molecule has 6 nitrogen and oxygen atoms in total. The lowest BCUT2D eigenvalue weighted by atomic mass is 9.99. The molecule has 0 bridgehead atoms. The minimum atomic E-state index is -0.446. The summed E-state index contributed by atoms with van der Waals surface area (Å²) in [5.41, 5.74) is 0.813. The van der Waals surface area contributed by atoms with E-state index >= 15 is 0 Å². The SMILES string of the molecule is CC(C)(C)OC(=O)N1CCC(NC(NCC2CCOCC2)c2ccccc2)CC1. The van der Waals surface area contributed by atoms with Crippen LogP contribution in [0.2, 0.25) is 0 Å². The monoisotopic (exact) mass is 403 g/mol. The first kappa shape index (κ1) is 22.1. The van der Waals surface area contributed by atoms with Gasteiger partial charge in [-0.25, -0.2) is 4.79 Å². The normalized spacial score (nSPS) is 20.4. The molecule has 1 aromatic carbocycles. The van der Waals surface area contributed by atoms with Crippen molar-refractivity contribution in [1.29, 1.82) is 0 Å². The number of benzene rings is 1. The maximum atomic E-state index is 12.3. The van der Waals surface area contributed by atoms with E-state index in [1.807, 2.05) is 25.7 Å². The molecular formula is C23H37N3O3. The molecule has 2 aliphatic heterocycles. The van der Waals surface area contributed by atoms with E-state index < -0.39 is 5.60 Å². The Bertz CT molecular complexity index is 618. The number of amides is 1. The van der Waals surface area contributed by atoms with Crippen LogP contribution in [0, 0.1) is 5.92 Å². The van der Waals surface area contributed by atoms with Gasteiger partial charge in [-0.3, -0.25) is 10.6 Å². The second-order valence-corrected chi connectivity index (χ2v) is 9.22. The van der Waals surface area contributed by atoms with Crippen LogP contribution < -0.4 is 10.6 Å². The van der Waals surface area contributed by atoms with Crippen LogP contribution in [0.5, 0.6) is 0 Å². The third-order valence-corrected chi connectivity index (χ3v) is 5.63. The Kier molecular flexibility index (Phi) is 7.92. The molecule has 1 atom stereocenters. The number of nitrogens with zero attached hydrogens (tertiary/aromatic N) is 1. The minimum absolute atomic E-state index is 0.122. The number of hydrogen-bond acceptors (Lipinski definition) is 5. The van der Waals surface area contributed by atoms with E-state index in [9.17, 15) is 4.79 Å². The third-order valence-electron chi connectivity index (χ3n) is 5.63. The molecule has 2 aliphatic rings. The minimum Gasteiger partial charge on any atom is -0.444 e. The summed E-state index contributed by atoms with van der Waals surface area (Å²) in [6, 6.07) is 10.9. The number of piperidine rings is 1. The van der Waals surface area contributed by atoms with E-state index in [4.69, 9.17) is 9.47 Å². The summed E-state index contributed by atoms with van der Waals surface area (Å²) < 4.78 is 11.0. The molecule has 162 valence electrons. The van der Waals surface area contributed by atoms with Gasteiger partial charge in [-0.15, -0.1) is 0 Å². The van der Waals surface area contributed by atoms with E-state index in [0.29, 0.717) is 12.0 Å². The number of nitrogens with one attached hydrogen (secondary N) is 2. The van der Waals surface area contributed by atoms with Gasteiger partial charge in [0.15, 0.2) is 0 Å². The highest BCUT2D eigenvalue weighted by Crippen LogP contribution is 2.20. The van der Waals surface area contributed by atoms with Crippen molar-refractivity contribution in [3.63, 3.8) is 0 Å². The summed E-state index contributed by atoms with van der Waals surface area (Å²) in [6.45, 7) is 9.93. The quantitative estimate of drug-likeness (QED) is 0.710. The zero-order valence-electron chi connectivity index (χ0n) is 18.2. The van der Waals surface area contributed by atoms with Crippen molar-refractivity contribution in [3.05, 3.63) is 35.9 Å². The molecule has 2 heterocycles. The second kappa shape index (κ2) is 10.4.